The van der Waals surface area contributed by atoms with Crippen molar-refractivity contribution < 1.29 is 17.9 Å². The predicted molar refractivity (Wildman–Crippen MR) is 53.8 cm³/mol. The van der Waals surface area contributed by atoms with Crippen LogP contribution in [0.5, 0.6) is 5.75 Å². The first-order valence-electron chi connectivity index (χ1n) is 4.53. The lowest BCUT2D eigenvalue weighted by molar-refractivity contribution is 0.0799. The van der Waals surface area contributed by atoms with Crippen molar-refractivity contribution in [3.05, 3.63) is 29.6 Å². The Morgan fingerprint density at radius 2 is 2.12 bits per heavy atom. The summed E-state index contributed by atoms with van der Waals surface area (Å²) in [5, 5.41) is 0. The van der Waals surface area contributed by atoms with Crippen molar-refractivity contribution in [2.75, 3.05) is 13.2 Å². The average molecular weight is 229 g/mol. The Morgan fingerprint density at radius 1 is 1.38 bits per heavy atom. The van der Waals surface area contributed by atoms with E-state index >= 15 is 0 Å². The summed E-state index contributed by atoms with van der Waals surface area (Å²) in [5.41, 5.74) is 5.63. The number of alkyl halides is 2. The number of halogens is 3. The third kappa shape index (κ3) is 3.83. The highest BCUT2D eigenvalue weighted by molar-refractivity contribution is 5.40. The van der Waals surface area contributed by atoms with Gasteiger partial charge in [-0.3, -0.25) is 0 Å². The van der Waals surface area contributed by atoms with E-state index in [-0.39, 0.29) is 12.3 Å². The van der Waals surface area contributed by atoms with E-state index in [1.807, 2.05) is 0 Å². The highest BCUT2D eigenvalue weighted by Crippen LogP contribution is 2.18. The molecule has 0 aliphatic heterocycles. The molecule has 0 saturated carbocycles. The van der Waals surface area contributed by atoms with Crippen molar-refractivity contribution >= 4 is 0 Å². The van der Waals surface area contributed by atoms with Gasteiger partial charge in [-0.05, 0) is 18.2 Å². The van der Waals surface area contributed by atoms with Gasteiger partial charge in [0.15, 0.2) is 11.6 Å². The molecule has 0 spiro atoms. The molecule has 0 bridgehead atoms. The molecule has 0 aromatic heterocycles. The van der Waals surface area contributed by atoms with Crippen molar-refractivity contribution in [1.29, 1.82) is 0 Å². The molecule has 1 aromatic carbocycles. The van der Waals surface area contributed by atoms with Crippen LogP contribution in [0, 0.1) is 17.7 Å². The van der Waals surface area contributed by atoms with Crippen LogP contribution in [-0.4, -0.2) is 19.6 Å². The second-order valence-electron chi connectivity index (χ2n) is 2.85. The van der Waals surface area contributed by atoms with Crippen LogP contribution in [0.15, 0.2) is 18.2 Å². The number of benzene rings is 1. The van der Waals surface area contributed by atoms with Gasteiger partial charge in [0.25, 0.3) is 6.43 Å². The molecule has 1 rings (SSSR count). The first-order chi connectivity index (χ1) is 7.63. The molecule has 0 atom stereocenters. The van der Waals surface area contributed by atoms with Crippen molar-refractivity contribution in [2.45, 2.75) is 6.43 Å². The minimum Gasteiger partial charge on any atom is -0.485 e. The van der Waals surface area contributed by atoms with Crippen LogP contribution in [0.3, 0.4) is 0 Å². The van der Waals surface area contributed by atoms with E-state index in [0.29, 0.717) is 5.56 Å². The summed E-state index contributed by atoms with van der Waals surface area (Å²) in [5.74, 6) is 4.29. The molecule has 0 aliphatic carbocycles. The zero-order chi connectivity index (χ0) is 12.0. The molecule has 16 heavy (non-hydrogen) atoms. The van der Waals surface area contributed by atoms with Gasteiger partial charge >= 0.3 is 0 Å². The number of nitrogens with two attached hydrogens (primary N) is 1. The fourth-order valence-electron chi connectivity index (χ4n) is 0.998. The fraction of sp³-hybridized carbons (Fsp3) is 0.273. The van der Waals surface area contributed by atoms with Crippen LogP contribution in [0.2, 0.25) is 0 Å². The third-order valence-corrected chi connectivity index (χ3v) is 1.63. The Morgan fingerprint density at radius 3 is 2.75 bits per heavy atom. The van der Waals surface area contributed by atoms with Gasteiger partial charge in [-0.25, -0.2) is 13.2 Å². The molecule has 0 aliphatic rings. The van der Waals surface area contributed by atoms with Crippen molar-refractivity contribution in [3.63, 3.8) is 0 Å². The molecular formula is C11H10F3NO. The zero-order valence-corrected chi connectivity index (χ0v) is 8.34. The van der Waals surface area contributed by atoms with Crippen LogP contribution < -0.4 is 10.5 Å². The van der Waals surface area contributed by atoms with E-state index in [1.54, 1.807) is 0 Å². The smallest absolute Gasteiger partial charge is 0.272 e. The Labute approximate surface area is 91.2 Å². The highest BCUT2D eigenvalue weighted by atomic mass is 19.3. The molecule has 0 radical (unpaired) electrons. The molecule has 0 heterocycles. The molecule has 5 heteroatoms. The number of hydrogen-bond donors (Lipinski definition) is 1. The van der Waals surface area contributed by atoms with E-state index in [1.165, 1.54) is 12.1 Å². The van der Waals surface area contributed by atoms with Crippen LogP contribution in [0.1, 0.15) is 5.56 Å². The van der Waals surface area contributed by atoms with Crippen LogP contribution in [0.25, 0.3) is 0 Å². The maximum absolute atomic E-state index is 13.1. The van der Waals surface area contributed by atoms with Gasteiger partial charge < -0.3 is 10.5 Å². The lowest BCUT2D eigenvalue weighted by atomic mass is 10.2. The molecule has 0 amide bonds. The van der Waals surface area contributed by atoms with Crippen LogP contribution >= 0.6 is 0 Å². The largest absolute Gasteiger partial charge is 0.485 e. The number of hydrogen-bond acceptors (Lipinski definition) is 2. The van der Waals surface area contributed by atoms with Gasteiger partial charge in [0.1, 0.15) is 6.61 Å². The third-order valence-electron chi connectivity index (χ3n) is 1.63. The van der Waals surface area contributed by atoms with Gasteiger partial charge in [-0.2, -0.15) is 0 Å². The predicted octanol–water partition coefficient (Wildman–Crippen LogP) is 1.78. The molecule has 2 nitrogen and oxygen atoms in total. The quantitative estimate of drug-likeness (QED) is 0.802. The second kappa shape index (κ2) is 6.03. The summed E-state index contributed by atoms with van der Waals surface area (Å²) in [6, 6.07) is 3.80. The van der Waals surface area contributed by atoms with Gasteiger partial charge in [0.05, 0.1) is 6.54 Å². The molecule has 2 N–H and O–H groups in total. The lowest BCUT2D eigenvalue weighted by Crippen LogP contribution is -2.08. The molecule has 0 fully saturated rings. The van der Waals surface area contributed by atoms with Gasteiger partial charge in [0.2, 0.25) is 0 Å². The Hall–Kier alpha value is -1.67. The first-order valence-corrected chi connectivity index (χ1v) is 4.53. The van der Waals surface area contributed by atoms with Gasteiger partial charge in [-0.15, -0.1) is 0 Å². The minimum absolute atomic E-state index is 0.171. The Bertz CT molecular complexity index is 409. The molecular weight excluding hydrogens is 219 g/mol. The summed E-state index contributed by atoms with van der Waals surface area (Å²) < 4.78 is 41.4. The fourth-order valence-corrected chi connectivity index (χ4v) is 0.998. The second-order valence-corrected chi connectivity index (χ2v) is 2.85. The van der Waals surface area contributed by atoms with E-state index in [9.17, 15) is 13.2 Å². The molecule has 0 unspecified atom stereocenters. The average Bonchev–Trinajstić information content (AvgIpc) is 2.26. The van der Waals surface area contributed by atoms with E-state index in [4.69, 9.17) is 5.73 Å². The zero-order valence-electron chi connectivity index (χ0n) is 8.34. The first kappa shape index (κ1) is 12.4. The molecule has 0 saturated heterocycles. The summed E-state index contributed by atoms with van der Waals surface area (Å²) in [6.07, 6.45) is -2.64. The summed E-state index contributed by atoms with van der Waals surface area (Å²) in [4.78, 5) is 0. The van der Waals surface area contributed by atoms with E-state index < -0.39 is 18.8 Å². The molecule has 1 aromatic rings. The van der Waals surface area contributed by atoms with E-state index in [2.05, 4.69) is 16.6 Å². The highest BCUT2D eigenvalue weighted by Gasteiger charge is 2.08. The van der Waals surface area contributed by atoms with Crippen molar-refractivity contribution in [1.82, 2.24) is 0 Å². The number of rotatable bonds is 3. The SMILES string of the molecule is NCC#Cc1ccc(F)c(OCC(F)F)c1. The normalized spacial score (nSPS) is 9.81. The number of ether oxygens (including phenoxy) is 1. The molecule has 86 valence electrons. The summed E-state index contributed by atoms with van der Waals surface area (Å²) in [6.45, 7) is -0.671. The van der Waals surface area contributed by atoms with Crippen molar-refractivity contribution in [3.8, 4) is 17.6 Å². The summed E-state index contributed by atoms with van der Waals surface area (Å²) >= 11 is 0. The van der Waals surface area contributed by atoms with Crippen LogP contribution in [0.4, 0.5) is 13.2 Å². The Balaban J connectivity index is 2.82. The maximum Gasteiger partial charge on any atom is 0.272 e. The monoisotopic (exact) mass is 229 g/mol. The standard InChI is InChI=1S/C11H10F3NO/c12-9-4-3-8(2-1-5-15)6-10(9)16-7-11(13)14/h3-4,6,11H,5,7,15H2. The Kier molecular flexibility index (Phi) is 4.67. The topological polar surface area (TPSA) is 35.2 Å². The maximum atomic E-state index is 13.1. The summed E-state index contributed by atoms with van der Waals surface area (Å²) in [7, 11) is 0. The van der Waals surface area contributed by atoms with Gasteiger partial charge in [-0.1, -0.05) is 11.8 Å². The lowest BCUT2D eigenvalue weighted by Gasteiger charge is -2.06. The van der Waals surface area contributed by atoms with Crippen LogP contribution in [-0.2, 0) is 0 Å². The minimum atomic E-state index is -2.64. The van der Waals surface area contributed by atoms with Gasteiger partial charge in [0, 0.05) is 5.56 Å². The van der Waals surface area contributed by atoms with Crippen molar-refractivity contribution in [2.24, 2.45) is 5.73 Å². The van der Waals surface area contributed by atoms with E-state index in [0.717, 1.165) is 6.07 Å².